The number of hydrogen-bond acceptors (Lipinski definition) is 4. The summed E-state index contributed by atoms with van der Waals surface area (Å²) in [6.45, 7) is 1.81. The zero-order valence-corrected chi connectivity index (χ0v) is 12.8. The molecule has 114 valence electrons. The summed E-state index contributed by atoms with van der Waals surface area (Å²) in [5, 5.41) is 3.28. The molecule has 0 unspecified atom stereocenters. The van der Waals surface area contributed by atoms with Crippen LogP contribution in [-0.2, 0) is 16.6 Å². The smallest absolute Gasteiger partial charge is 0.240 e. The number of aryl methyl sites for hydroxylation is 1. The van der Waals surface area contributed by atoms with Gasteiger partial charge in [0, 0.05) is 31.2 Å². The van der Waals surface area contributed by atoms with Crippen LogP contribution in [0, 0.1) is 0 Å². The molecule has 0 saturated heterocycles. The molecule has 0 aliphatic carbocycles. The van der Waals surface area contributed by atoms with E-state index in [1.54, 1.807) is 30.5 Å². The van der Waals surface area contributed by atoms with E-state index in [0.29, 0.717) is 0 Å². The number of aromatic nitrogens is 2. The Hall–Kier alpha value is -1.86. The molecule has 0 amide bonds. The Morgan fingerprint density at radius 1 is 1.19 bits per heavy atom. The minimum atomic E-state index is -3.36. The van der Waals surface area contributed by atoms with Gasteiger partial charge in [-0.1, -0.05) is 0 Å². The average Bonchev–Trinajstić information content (AvgIpc) is 3.01. The van der Waals surface area contributed by atoms with Crippen LogP contribution in [0.15, 0.2) is 47.9 Å². The van der Waals surface area contributed by atoms with Gasteiger partial charge in [-0.15, -0.1) is 0 Å². The minimum Gasteiger partial charge on any atom is -0.385 e. The number of sulfonamides is 1. The quantitative estimate of drug-likeness (QED) is 0.728. The van der Waals surface area contributed by atoms with Gasteiger partial charge in [0.25, 0.3) is 0 Å². The SMILES string of the molecule is CNS(=O)(=O)c1ccc(NCCCCn2ccnc2)cc1. The lowest BCUT2D eigenvalue weighted by molar-refractivity contribution is 0.588. The van der Waals surface area contributed by atoms with Crippen LogP contribution < -0.4 is 10.0 Å². The van der Waals surface area contributed by atoms with Crippen molar-refractivity contribution >= 4 is 15.7 Å². The van der Waals surface area contributed by atoms with Gasteiger partial charge in [0.05, 0.1) is 11.2 Å². The van der Waals surface area contributed by atoms with E-state index in [-0.39, 0.29) is 4.90 Å². The third kappa shape index (κ3) is 4.57. The monoisotopic (exact) mass is 308 g/mol. The number of imidazole rings is 1. The molecule has 1 aromatic carbocycles. The molecule has 1 aromatic heterocycles. The summed E-state index contributed by atoms with van der Waals surface area (Å²) in [6.07, 6.45) is 7.64. The van der Waals surface area contributed by atoms with Crippen LogP contribution in [0.25, 0.3) is 0 Å². The first-order valence-corrected chi connectivity index (χ1v) is 8.33. The first-order valence-electron chi connectivity index (χ1n) is 6.85. The van der Waals surface area contributed by atoms with Crippen LogP contribution in [0.4, 0.5) is 5.69 Å². The Labute approximate surface area is 125 Å². The first-order chi connectivity index (χ1) is 10.1. The van der Waals surface area contributed by atoms with Crippen molar-refractivity contribution in [2.24, 2.45) is 0 Å². The number of rotatable bonds is 8. The molecule has 1 heterocycles. The van der Waals surface area contributed by atoms with Crippen molar-refractivity contribution in [2.45, 2.75) is 24.3 Å². The van der Waals surface area contributed by atoms with Crippen molar-refractivity contribution in [3.63, 3.8) is 0 Å². The van der Waals surface area contributed by atoms with E-state index in [2.05, 4.69) is 19.6 Å². The van der Waals surface area contributed by atoms with Crippen molar-refractivity contribution in [3.8, 4) is 0 Å². The number of unbranched alkanes of at least 4 members (excludes halogenated alkanes) is 1. The summed E-state index contributed by atoms with van der Waals surface area (Å²) in [5.74, 6) is 0. The van der Waals surface area contributed by atoms with E-state index in [4.69, 9.17) is 0 Å². The molecule has 2 aromatic rings. The van der Waals surface area contributed by atoms with Crippen LogP contribution in [0.2, 0.25) is 0 Å². The molecular weight excluding hydrogens is 288 g/mol. The predicted molar refractivity (Wildman–Crippen MR) is 82.6 cm³/mol. The van der Waals surface area contributed by atoms with Crippen molar-refractivity contribution in [2.75, 3.05) is 18.9 Å². The Morgan fingerprint density at radius 3 is 2.57 bits per heavy atom. The van der Waals surface area contributed by atoms with Gasteiger partial charge in [-0.3, -0.25) is 0 Å². The number of anilines is 1. The molecule has 6 nitrogen and oxygen atoms in total. The number of hydrogen-bond donors (Lipinski definition) is 2. The Kier molecular flexibility index (Phi) is 5.35. The largest absolute Gasteiger partial charge is 0.385 e. The van der Waals surface area contributed by atoms with E-state index in [9.17, 15) is 8.42 Å². The minimum absolute atomic E-state index is 0.274. The molecule has 0 saturated carbocycles. The summed E-state index contributed by atoms with van der Waals surface area (Å²) >= 11 is 0. The molecule has 0 aliphatic heterocycles. The molecule has 0 fully saturated rings. The van der Waals surface area contributed by atoms with Gasteiger partial charge in [0.1, 0.15) is 0 Å². The maximum atomic E-state index is 11.6. The van der Waals surface area contributed by atoms with Crippen LogP contribution in [0.1, 0.15) is 12.8 Å². The molecule has 0 atom stereocenters. The van der Waals surface area contributed by atoms with Gasteiger partial charge in [0.15, 0.2) is 0 Å². The molecule has 0 radical (unpaired) electrons. The van der Waals surface area contributed by atoms with Gasteiger partial charge >= 0.3 is 0 Å². The molecule has 2 rings (SSSR count). The Morgan fingerprint density at radius 2 is 1.95 bits per heavy atom. The normalized spacial score (nSPS) is 11.5. The van der Waals surface area contributed by atoms with E-state index in [0.717, 1.165) is 31.6 Å². The highest BCUT2D eigenvalue weighted by atomic mass is 32.2. The van der Waals surface area contributed by atoms with Crippen LogP contribution in [-0.4, -0.2) is 31.6 Å². The van der Waals surface area contributed by atoms with Gasteiger partial charge < -0.3 is 9.88 Å². The maximum absolute atomic E-state index is 11.6. The summed E-state index contributed by atoms with van der Waals surface area (Å²) in [5.41, 5.74) is 0.924. The highest BCUT2D eigenvalue weighted by molar-refractivity contribution is 7.89. The van der Waals surface area contributed by atoms with E-state index >= 15 is 0 Å². The zero-order chi connectivity index (χ0) is 15.1. The molecule has 0 bridgehead atoms. The average molecular weight is 308 g/mol. The summed E-state index contributed by atoms with van der Waals surface area (Å²) in [7, 11) is -1.95. The molecule has 0 spiro atoms. The summed E-state index contributed by atoms with van der Waals surface area (Å²) in [4.78, 5) is 4.27. The Balaban J connectivity index is 1.74. The van der Waals surface area contributed by atoms with Crippen LogP contribution >= 0.6 is 0 Å². The third-order valence-electron chi connectivity index (χ3n) is 3.16. The summed E-state index contributed by atoms with van der Waals surface area (Å²) in [6, 6.07) is 6.75. The number of nitrogens with zero attached hydrogens (tertiary/aromatic N) is 2. The molecule has 2 N–H and O–H groups in total. The lowest BCUT2D eigenvalue weighted by Crippen LogP contribution is -2.18. The number of nitrogens with one attached hydrogen (secondary N) is 2. The van der Waals surface area contributed by atoms with Gasteiger partial charge in [0.2, 0.25) is 10.0 Å². The van der Waals surface area contributed by atoms with Crippen molar-refractivity contribution in [1.82, 2.24) is 14.3 Å². The highest BCUT2D eigenvalue weighted by Crippen LogP contribution is 2.13. The summed E-state index contributed by atoms with van der Waals surface area (Å²) < 4.78 is 27.5. The fourth-order valence-corrected chi connectivity index (χ4v) is 2.67. The molecule has 7 heteroatoms. The second kappa shape index (κ2) is 7.24. The highest BCUT2D eigenvalue weighted by Gasteiger charge is 2.09. The van der Waals surface area contributed by atoms with Crippen LogP contribution in [0.5, 0.6) is 0 Å². The van der Waals surface area contributed by atoms with Crippen LogP contribution in [0.3, 0.4) is 0 Å². The third-order valence-corrected chi connectivity index (χ3v) is 4.59. The lowest BCUT2D eigenvalue weighted by Gasteiger charge is -2.08. The topological polar surface area (TPSA) is 76.0 Å². The molecule has 0 aliphatic rings. The van der Waals surface area contributed by atoms with Crippen molar-refractivity contribution in [1.29, 1.82) is 0 Å². The first kappa shape index (κ1) is 15.5. The van der Waals surface area contributed by atoms with E-state index in [1.807, 2.05) is 12.5 Å². The molecular formula is C14H20N4O2S. The fraction of sp³-hybridized carbons (Fsp3) is 0.357. The van der Waals surface area contributed by atoms with Gasteiger partial charge in [-0.05, 0) is 44.2 Å². The standard InChI is InChI=1S/C14H20N4O2S/c1-15-21(19,20)14-6-4-13(5-7-14)17-8-2-3-10-18-11-9-16-12-18/h4-7,9,11-12,15,17H,2-3,8,10H2,1H3. The van der Waals surface area contributed by atoms with Gasteiger partial charge in [-0.2, -0.15) is 0 Å². The number of benzene rings is 1. The maximum Gasteiger partial charge on any atom is 0.240 e. The van der Waals surface area contributed by atoms with Gasteiger partial charge in [-0.25, -0.2) is 18.1 Å². The van der Waals surface area contributed by atoms with Crippen molar-refractivity contribution in [3.05, 3.63) is 43.0 Å². The van der Waals surface area contributed by atoms with E-state index < -0.39 is 10.0 Å². The van der Waals surface area contributed by atoms with E-state index in [1.165, 1.54) is 7.05 Å². The Bertz CT molecular complexity index is 636. The zero-order valence-electron chi connectivity index (χ0n) is 12.0. The second-order valence-electron chi connectivity index (χ2n) is 4.67. The lowest BCUT2D eigenvalue weighted by atomic mass is 10.3. The second-order valence-corrected chi connectivity index (χ2v) is 6.55. The fourth-order valence-electron chi connectivity index (χ4n) is 1.94. The predicted octanol–water partition coefficient (Wildman–Crippen LogP) is 1.68. The van der Waals surface area contributed by atoms with Crippen molar-refractivity contribution < 1.29 is 8.42 Å². The molecule has 21 heavy (non-hydrogen) atoms.